The standard InChI is InChI=1S/C25H28FN3O3/c1-16(30)27-15-23(31)29-13-5-8-22(29)25(32)28-24(18-6-3-2-4-7-18)19-11-12-20(17-9-10-17)21(26)14-19/h2-4,6-7,11-12,14,17,22,24H,5,8-10,13,15H2,1H3,(H,27,30)(H,28,32). The number of rotatable bonds is 7. The Kier molecular flexibility index (Phi) is 6.53. The first-order valence-electron chi connectivity index (χ1n) is 11.1. The molecule has 2 N–H and O–H groups in total. The summed E-state index contributed by atoms with van der Waals surface area (Å²) in [7, 11) is 0. The molecule has 2 aromatic rings. The average Bonchev–Trinajstić information content (AvgIpc) is 3.50. The van der Waals surface area contributed by atoms with E-state index in [4.69, 9.17) is 0 Å². The minimum Gasteiger partial charge on any atom is -0.347 e. The maximum atomic E-state index is 14.8. The number of amides is 3. The molecule has 2 fully saturated rings. The van der Waals surface area contributed by atoms with Gasteiger partial charge in [-0.3, -0.25) is 14.4 Å². The van der Waals surface area contributed by atoms with Crippen LogP contribution in [0.25, 0.3) is 0 Å². The highest BCUT2D eigenvalue weighted by Crippen LogP contribution is 2.41. The quantitative estimate of drug-likeness (QED) is 0.699. The second-order valence-electron chi connectivity index (χ2n) is 8.56. The summed E-state index contributed by atoms with van der Waals surface area (Å²) in [6.07, 6.45) is 3.29. The highest BCUT2D eigenvalue weighted by atomic mass is 19.1. The minimum absolute atomic E-state index is 0.130. The first-order valence-corrected chi connectivity index (χ1v) is 11.1. The normalized spacial score (nSPS) is 18.8. The van der Waals surface area contributed by atoms with Crippen molar-refractivity contribution in [2.75, 3.05) is 13.1 Å². The fraction of sp³-hybridized carbons (Fsp3) is 0.400. The van der Waals surface area contributed by atoms with Gasteiger partial charge in [0.25, 0.3) is 0 Å². The summed E-state index contributed by atoms with van der Waals surface area (Å²) in [6.45, 7) is 1.69. The number of carbonyl (C=O) groups excluding carboxylic acids is 3. The number of carbonyl (C=O) groups is 3. The lowest BCUT2D eigenvalue weighted by atomic mass is 9.96. The number of nitrogens with one attached hydrogen (secondary N) is 2. The zero-order valence-electron chi connectivity index (χ0n) is 18.1. The molecule has 168 valence electrons. The first kappa shape index (κ1) is 22.0. The molecule has 0 bridgehead atoms. The van der Waals surface area contributed by atoms with Gasteiger partial charge in [0, 0.05) is 13.5 Å². The van der Waals surface area contributed by atoms with Gasteiger partial charge in [-0.2, -0.15) is 0 Å². The van der Waals surface area contributed by atoms with Gasteiger partial charge in [-0.05, 0) is 54.4 Å². The van der Waals surface area contributed by atoms with Crippen LogP contribution in [0, 0.1) is 5.82 Å². The predicted octanol–water partition coefficient (Wildman–Crippen LogP) is 3.04. The summed E-state index contributed by atoms with van der Waals surface area (Å²) in [4.78, 5) is 38.4. The van der Waals surface area contributed by atoms with Crippen LogP contribution in [-0.2, 0) is 14.4 Å². The van der Waals surface area contributed by atoms with Crippen LogP contribution in [0.1, 0.15) is 61.3 Å². The van der Waals surface area contributed by atoms with Gasteiger partial charge in [0.1, 0.15) is 11.9 Å². The lowest BCUT2D eigenvalue weighted by Crippen LogP contribution is -2.49. The predicted molar refractivity (Wildman–Crippen MR) is 118 cm³/mol. The number of benzene rings is 2. The van der Waals surface area contributed by atoms with Crippen LogP contribution in [0.5, 0.6) is 0 Å². The molecule has 2 aromatic carbocycles. The second-order valence-corrected chi connectivity index (χ2v) is 8.56. The Hall–Kier alpha value is -3.22. The van der Waals surface area contributed by atoms with Crippen molar-refractivity contribution in [3.8, 4) is 0 Å². The molecule has 32 heavy (non-hydrogen) atoms. The number of hydrogen-bond acceptors (Lipinski definition) is 3. The Morgan fingerprint density at radius 3 is 2.47 bits per heavy atom. The van der Waals surface area contributed by atoms with E-state index in [1.54, 1.807) is 0 Å². The van der Waals surface area contributed by atoms with Crippen molar-refractivity contribution in [1.29, 1.82) is 0 Å². The first-order chi connectivity index (χ1) is 15.4. The third-order valence-corrected chi connectivity index (χ3v) is 6.16. The van der Waals surface area contributed by atoms with E-state index < -0.39 is 12.1 Å². The minimum atomic E-state index is -0.613. The van der Waals surface area contributed by atoms with Crippen LogP contribution < -0.4 is 10.6 Å². The fourth-order valence-electron chi connectivity index (χ4n) is 4.33. The van der Waals surface area contributed by atoms with Crippen molar-refractivity contribution >= 4 is 17.7 Å². The molecule has 6 nitrogen and oxygen atoms in total. The molecular formula is C25H28FN3O3. The van der Waals surface area contributed by atoms with E-state index in [9.17, 15) is 18.8 Å². The molecule has 4 rings (SSSR count). The van der Waals surface area contributed by atoms with E-state index in [2.05, 4.69) is 10.6 Å². The second kappa shape index (κ2) is 9.51. The van der Waals surface area contributed by atoms with Crippen LogP contribution in [0.15, 0.2) is 48.5 Å². The third-order valence-electron chi connectivity index (χ3n) is 6.16. The number of likely N-dealkylation sites (tertiary alicyclic amines) is 1. The summed E-state index contributed by atoms with van der Waals surface area (Å²) in [6, 6.07) is 13.5. The zero-order chi connectivity index (χ0) is 22.7. The monoisotopic (exact) mass is 437 g/mol. The largest absolute Gasteiger partial charge is 0.347 e. The van der Waals surface area contributed by atoms with E-state index >= 15 is 0 Å². The van der Waals surface area contributed by atoms with Crippen LogP contribution in [0.2, 0.25) is 0 Å². The Bertz CT molecular complexity index is 1010. The molecule has 1 aliphatic heterocycles. The van der Waals surface area contributed by atoms with Gasteiger partial charge in [-0.1, -0.05) is 42.5 Å². The van der Waals surface area contributed by atoms with Crippen LogP contribution in [-0.4, -0.2) is 41.8 Å². The maximum absolute atomic E-state index is 14.8. The zero-order valence-corrected chi connectivity index (χ0v) is 18.1. The number of hydrogen-bond donors (Lipinski definition) is 2. The maximum Gasteiger partial charge on any atom is 0.243 e. The van der Waals surface area contributed by atoms with Gasteiger partial charge < -0.3 is 15.5 Å². The van der Waals surface area contributed by atoms with E-state index in [0.717, 1.165) is 24.0 Å². The van der Waals surface area contributed by atoms with Crippen LogP contribution in [0.3, 0.4) is 0 Å². The van der Waals surface area contributed by atoms with Crippen molar-refractivity contribution in [3.63, 3.8) is 0 Å². The lowest BCUT2D eigenvalue weighted by molar-refractivity contribution is -0.138. The van der Waals surface area contributed by atoms with Crippen molar-refractivity contribution < 1.29 is 18.8 Å². The van der Waals surface area contributed by atoms with Crippen LogP contribution in [0.4, 0.5) is 4.39 Å². The smallest absolute Gasteiger partial charge is 0.243 e. The topological polar surface area (TPSA) is 78.5 Å². The SMILES string of the molecule is CC(=O)NCC(=O)N1CCCC1C(=O)NC(c1ccccc1)c1ccc(C2CC2)c(F)c1. The van der Waals surface area contributed by atoms with Crippen LogP contribution >= 0.6 is 0 Å². The Morgan fingerprint density at radius 1 is 1.06 bits per heavy atom. The van der Waals surface area contributed by atoms with Gasteiger partial charge in [0.15, 0.2) is 0 Å². The molecule has 0 spiro atoms. The Balaban J connectivity index is 1.54. The van der Waals surface area contributed by atoms with Crippen molar-refractivity contribution in [1.82, 2.24) is 15.5 Å². The molecular weight excluding hydrogens is 409 g/mol. The molecule has 2 aliphatic rings. The number of nitrogens with zero attached hydrogens (tertiary/aromatic N) is 1. The summed E-state index contributed by atoms with van der Waals surface area (Å²) in [5.41, 5.74) is 2.24. The molecule has 1 saturated heterocycles. The van der Waals surface area contributed by atoms with E-state index in [-0.39, 0.29) is 30.1 Å². The molecule has 1 aliphatic carbocycles. The third kappa shape index (κ3) is 4.98. The van der Waals surface area contributed by atoms with Gasteiger partial charge >= 0.3 is 0 Å². The van der Waals surface area contributed by atoms with Gasteiger partial charge in [0.05, 0.1) is 12.6 Å². The highest BCUT2D eigenvalue weighted by Gasteiger charge is 2.35. The summed E-state index contributed by atoms with van der Waals surface area (Å²) >= 11 is 0. The molecule has 2 atom stereocenters. The van der Waals surface area contributed by atoms with Gasteiger partial charge in [-0.25, -0.2) is 4.39 Å². The Labute approximate surface area is 187 Å². The lowest BCUT2D eigenvalue weighted by Gasteiger charge is -2.27. The van der Waals surface area contributed by atoms with E-state index in [1.807, 2.05) is 42.5 Å². The Morgan fingerprint density at radius 2 is 1.81 bits per heavy atom. The number of halogens is 1. The molecule has 7 heteroatoms. The molecule has 3 amide bonds. The molecule has 1 heterocycles. The molecule has 0 radical (unpaired) electrons. The van der Waals surface area contributed by atoms with Crippen molar-refractivity contribution in [2.45, 2.75) is 50.6 Å². The van der Waals surface area contributed by atoms with Crippen molar-refractivity contribution in [2.24, 2.45) is 0 Å². The highest BCUT2D eigenvalue weighted by molar-refractivity contribution is 5.90. The van der Waals surface area contributed by atoms with E-state index in [0.29, 0.717) is 30.9 Å². The van der Waals surface area contributed by atoms with Crippen molar-refractivity contribution in [3.05, 3.63) is 71.0 Å². The summed E-state index contributed by atoms with van der Waals surface area (Å²) in [5.74, 6) is -0.795. The van der Waals surface area contributed by atoms with Gasteiger partial charge in [0.2, 0.25) is 17.7 Å². The summed E-state index contributed by atoms with van der Waals surface area (Å²) in [5, 5.41) is 5.54. The molecule has 2 unspecified atom stereocenters. The van der Waals surface area contributed by atoms with E-state index in [1.165, 1.54) is 17.9 Å². The molecule has 1 saturated carbocycles. The average molecular weight is 438 g/mol. The molecule has 0 aromatic heterocycles. The fourth-order valence-corrected chi connectivity index (χ4v) is 4.33. The van der Waals surface area contributed by atoms with Gasteiger partial charge in [-0.15, -0.1) is 0 Å². The summed E-state index contributed by atoms with van der Waals surface area (Å²) < 4.78 is 14.8.